The van der Waals surface area contributed by atoms with Crippen molar-refractivity contribution in [1.82, 2.24) is 10.3 Å². The first-order valence-electron chi connectivity index (χ1n) is 7.52. The maximum Gasteiger partial charge on any atom is 0.219 e. The standard InChI is InChI=1S/C19H18N2O2/c1-13(20-14(2)22)15-8-10-18-16(12-15)9-11-19(21-18)23-17-6-4-3-5-7-17/h3-13H,1-2H3,(H,20,22). The predicted molar refractivity (Wildman–Crippen MR) is 90.5 cm³/mol. The number of amides is 1. The second-order valence-corrected chi connectivity index (χ2v) is 5.44. The van der Waals surface area contributed by atoms with Gasteiger partial charge in [0.05, 0.1) is 11.6 Å². The Hall–Kier alpha value is -2.88. The van der Waals surface area contributed by atoms with E-state index in [0.717, 1.165) is 22.2 Å². The predicted octanol–water partition coefficient (Wildman–Crippen LogP) is 4.22. The Bertz CT molecular complexity index is 831. The van der Waals surface area contributed by atoms with Gasteiger partial charge in [-0.3, -0.25) is 4.79 Å². The Balaban J connectivity index is 1.85. The first kappa shape index (κ1) is 15.0. The Morgan fingerprint density at radius 2 is 1.87 bits per heavy atom. The van der Waals surface area contributed by atoms with Gasteiger partial charge in [0, 0.05) is 18.4 Å². The number of rotatable bonds is 4. The fraction of sp³-hybridized carbons (Fsp3) is 0.158. The molecule has 4 heteroatoms. The summed E-state index contributed by atoms with van der Waals surface area (Å²) < 4.78 is 5.75. The van der Waals surface area contributed by atoms with Crippen LogP contribution in [0.15, 0.2) is 60.7 Å². The van der Waals surface area contributed by atoms with Gasteiger partial charge < -0.3 is 10.1 Å². The van der Waals surface area contributed by atoms with Crippen molar-refractivity contribution in [2.24, 2.45) is 0 Å². The number of carbonyl (C=O) groups is 1. The van der Waals surface area contributed by atoms with Crippen LogP contribution in [0.4, 0.5) is 0 Å². The molecule has 23 heavy (non-hydrogen) atoms. The number of carbonyl (C=O) groups excluding carboxylic acids is 1. The molecule has 1 aromatic heterocycles. The lowest BCUT2D eigenvalue weighted by Gasteiger charge is -2.13. The molecule has 0 saturated carbocycles. The molecule has 1 atom stereocenters. The van der Waals surface area contributed by atoms with E-state index < -0.39 is 0 Å². The summed E-state index contributed by atoms with van der Waals surface area (Å²) in [7, 11) is 0. The van der Waals surface area contributed by atoms with Crippen LogP contribution in [0.5, 0.6) is 11.6 Å². The van der Waals surface area contributed by atoms with Gasteiger partial charge in [0.15, 0.2) is 0 Å². The average Bonchev–Trinajstić information content (AvgIpc) is 2.54. The lowest BCUT2D eigenvalue weighted by molar-refractivity contribution is -0.119. The largest absolute Gasteiger partial charge is 0.439 e. The molecule has 3 aromatic rings. The average molecular weight is 306 g/mol. The van der Waals surface area contributed by atoms with Crippen LogP contribution in [-0.4, -0.2) is 10.9 Å². The van der Waals surface area contributed by atoms with E-state index in [4.69, 9.17) is 4.74 Å². The van der Waals surface area contributed by atoms with Crippen molar-refractivity contribution in [2.45, 2.75) is 19.9 Å². The van der Waals surface area contributed by atoms with Gasteiger partial charge in [0.1, 0.15) is 5.75 Å². The number of aromatic nitrogens is 1. The van der Waals surface area contributed by atoms with E-state index >= 15 is 0 Å². The van der Waals surface area contributed by atoms with Crippen molar-refractivity contribution in [3.05, 3.63) is 66.2 Å². The molecule has 0 radical (unpaired) electrons. The summed E-state index contributed by atoms with van der Waals surface area (Å²) in [5, 5.41) is 3.90. The highest BCUT2D eigenvalue weighted by Crippen LogP contribution is 2.24. The van der Waals surface area contributed by atoms with Crippen LogP contribution in [0.2, 0.25) is 0 Å². The number of nitrogens with one attached hydrogen (secondary N) is 1. The summed E-state index contributed by atoms with van der Waals surface area (Å²) in [6.45, 7) is 3.48. The minimum Gasteiger partial charge on any atom is -0.439 e. The van der Waals surface area contributed by atoms with E-state index in [1.165, 1.54) is 6.92 Å². The lowest BCUT2D eigenvalue weighted by Crippen LogP contribution is -2.23. The van der Waals surface area contributed by atoms with Crippen molar-refractivity contribution >= 4 is 16.8 Å². The van der Waals surface area contributed by atoms with Crippen LogP contribution >= 0.6 is 0 Å². The summed E-state index contributed by atoms with van der Waals surface area (Å²) in [4.78, 5) is 15.7. The molecule has 3 rings (SSSR count). The van der Waals surface area contributed by atoms with Gasteiger partial charge in [-0.05, 0) is 42.8 Å². The molecule has 1 N–H and O–H groups in total. The maximum atomic E-state index is 11.2. The van der Waals surface area contributed by atoms with E-state index in [0.29, 0.717) is 5.88 Å². The number of para-hydroxylation sites is 1. The van der Waals surface area contributed by atoms with Gasteiger partial charge >= 0.3 is 0 Å². The normalized spacial score (nSPS) is 11.9. The molecule has 0 spiro atoms. The summed E-state index contributed by atoms with van der Waals surface area (Å²) in [6, 6.07) is 19.3. The summed E-state index contributed by atoms with van der Waals surface area (Å²) in [5.74, 6) is 1.28. The highest BCUT2D eigenvalue weighted by molar-refractivity contribution is 5.80. The fourth-order valence-corrected chi connectivity index (χ4v) is 2.45. The molecule has 0 aliphatic heterocycles. The minimum absolute atomic E-state index is 0.0304. The molecule has 1 heterocycles. The SMILES string of the molecule is CC(=O)NC(C)c1ccc2nc(Oc3ccccc3)ccc2c1. The van der Waals surface area contributed by atoms with Crippen LogP contribution in [0.25, 0.3) is 10.9 Å². The van der Waals surface area contributed by atoms with Crippen LogP contribution < -0.4 is 10.1 Å². The zero-order valence-corrected chi connectivity index (χ0v) is 13.1. The molecule has 0 fully saturated rings. The number of benzene rings is 2. The minimum atomic E-state index is -0.0395. The van der Waals surface area contributed by atoms with Gasteiger partial charge in [0.2, 0.25) is 11.8 Å². The molecular weight excluding hydrogens is 288 g/mol. The maximum absolute atomic E-state index is 11.2. The Kier molecular flexibility index (Phi) is 4.24. The van der Waals surface area contributed by atoms with Crippen LogP contribution in [-0.2, 0) is 4.79 Å². The third kappa shape index (κ3) is 3.66. The quantitative estimate of drug-likeness (QED) is 0.785. The molecule has 0 bridgehead atoms. The summed E-state index contributed by atoms with van der Waals surface area (Å²) in [6.07, 6.45) is 0. The van der Waals surface area contributed by atoms with Gasteiger partial charge in [-0.2, -0.15) is 0 Å². The molecule has 1 unspecified atom stereocenters. The highest BCUT2D eigenvalue weighted by Gasteiger charge is 2.08. The molecule has 116 valence electrons. The molecular formula is C19H18N2O2. The van der Waals surface area contributed by atoms with Gasteiger partial charge in [-0.15, -0.1) is 0 Å². The third-order valence-corrected chi connectivity index (χ3v) is 3.57. The Morgan fingerprint density at radius 1 is 1.09 bits per heavy atom. The van der Waals surface area contributed by atoms with Gasteiger partial charge in [0.25, 0.3) is 0 Å². The number of nitrogens with zero attached hydrogens (tertiary/aromatic N) is 1. The molecule has 0 saturated heterocycles. The molecule has 1 amide bonds. The second-order valence-electron chi connectivity index (χ2n) is 5.44. The van der Waals surface area contributed by atoms with E-state index in [1.807, 2.05) is 67.6 Å². The molecule has 2 aromatic carbocycles. The Morgan fingerprint density at radius 3 is 2.61 bits per heavy atom. The third-order valence-electron chi connectivity index (χ3n) is 3.57. The first-order chi connectivity index (χ1) is 11.1. The van der Waals surface area contributed by atoms with Crippen molar-refractivity contribution in [3.63, 3.8) is 0 Å². The number of hydrogen-bond acceptors (Lipinski definition) is 3. The smallest absolute Gasteiger partial charge is 0.219 e. The van der Waals surface area contributed by atoms with Crippen LogP contribution in [0, 0.1) is 0 Å². The number of ether oxygens (including phenoxy) is 1. The van der Waals surface area contributed by atoms with E-state index in [2.05, 4.69) is 10.3 Å². The van der Waals surface area contributed by atoms with Crippen molar-refractivity contribution < 1.29 is 9.53 Å². The topological polar surface area (TPSA) is 51.2 Å². The lowest BCUT2D eigenvalue weighted by atomic mass is 10.1. The van der Waals surface area contributed by atoms with E-state index in [9.17, 15) is 4.79 Å². The number of pyridine rings is 1. The highest BCUT2D eigenvalue weighted by atomic mass is 16.5. The van der Waals surface area contributed by atoms with Crippen molar-refractivity contribution in [3.8, 4) is 11.6 Å². The van der Waals surface area contributed by atoms with Crippen molar-refractivity contribution in [2.75, 3.05) is 0 Å². The first-order valence-corrected chi connectivity index (χ1v) is 7.52. The molecule has 4 nitrogen and oxygen atoms in total. The van der Waals surface area contributed by atoms with Gasteiger partial charge in [-0.25, -0.2) is 4.98 Å². The van der Waals surface area contributed by atoms with Crippen LogP contribution in [0.1, 0.15) is 25.5 Å². The zero-order chi connectivity index (χ0) is 16.2. The van der Waals surface area contributed by atoms with Crippen LogP contribution in [0.3, 0.4) is 0 Å². The van der Waals surface area contributed by atoms with E-state index in [-0.39, 0.29) is 11.9 Å². The zero-order valence-electron chi connectivity index (χ0n) is 13.1. The number of hydrogen-bond donors (Lipinski definition) is 1. The van der Waals surface area contributed by atoms with Gasteiger partial charge in [-0.1, -0.05) is 24.3 Å². The van der Waals surface area contributed by atoms with E-state index in [1.54, 1.807) is 0 Å². The fourth-order valence-electron chi connectivity index (χ4n) is 2.45. The summed E-state index contributed by atoms with van der Waals surface area (Å²) in [5.41, 5.74) is 1.91. The monoisotopic (exact) mass is 306 g/mol. The van der Waals surface area contributed by atoms with Crippen molar-refractivity contribution in [1.29, 1.82) is 0 Å². The Labute approximate surface area is 135 Å². The second kappa shape index (κ2) is 6.48. The molecule has 0 aliphatic carbocycles. The molecule has 0 aliphatic rings. The summed E-state index contributed by atoms with van der Waals surface area (Å²) >= 11 is 0. The number of fused-ring (bicyclic) bond motifs is 1.